The molecule has 0 unspecified atom stereocenters. The molecule has 0 aliphatic carbocycles. The minimum absolute atomic E-state index is 0.0280. The van der Waals surface area contributed by atoms with Crippen LogP contribution in [0.2, 0.25) is 0 Å². The number of fused-ring (bicyclic) bond motifs is 1. The van der Waals surface area contributed by atoms with Crippen molar-refractivity contribution in [2.45, 2.75) is 51.7 Å². The number of nitrogens with zero attached hydrogens (tertiary/aromatic N) is 2. The lowest BCUT2D eigenvalue weighted by atomic mass is 9.97. The Labute approximate surface area is 240 Å². The number of hydrogen-bond donors (Lipinski definition) is 1. The number of halogens is 3. The van der Waals surface area contributed by atoms with Crippen molar-refractivity contribution in [3.63, 3.8) is 0 Å². The summed E-state index contributed by atoms with van der Waals surface area (Å²) in [5.74, 6) is -3.33. The van der Waals surface area contributed by atoms with Gasteiger partial charge in [0.05, 0.1) is 16.8 Å². The second kappa shape index (κ2) is 11.2. The number of hydrogen-bond acceptors (Lipinski definition) is 5. The highest BCUT2D eigenvalue weighted by molar-refractivity contribution is 7.19. The Balaban J connectivity index is 1.44. The first kappa shape index (κ1) is 28.6. The molecule has 0 atom stereocenters. The summed E-state index contributed by atoms with van der Waals surface area (Å²) in [6, 6.07) is 17.2. The summed E-state index contributed by atoms with van der Waals surface area (Å²) >= 11 is 1.43. The predicted octanol–water partition coefficient (Wildman–Crippen LogP) is 7.67. The topological polar surface area (TPSA) is 71.5 Å². The molecule has 2 amide bonds. The number of ether oxygens (including phenoxy) is 1. The van der Waals surface area contributed by atoms with Crippen molar-refractivity contribution in [3.8, 4) is 22.3 Å². The molecule has 0 radical (unpaired) electrons. The highest BCUT2D eigenvalue weighted by Gasteiger charge is 2.35. The number of nitrogens with one attached hydrogen (secondary N) is 1. The van der Waals surface area contributed by atoms with Crippen molar-refractivity contribution in [3.05, 3.63) is 77.1 Å². The van der Waals surface area contributed by atoms with Crippen molar-refractivity contribution >= 4 is 33.6 Å². The molecule has 0 spiro atoms. The zero-order valence-electron chi connectivity index (χ0n) is 23.0. The zero-order valence-corrected chi connectivity index (χ0v) is 23.8. The van der Waals surface area contributed by atoms with Crippen LogP contribution in [0.15, 0.2) is 60.7 Å². The summed E-state index contributed by atoms with van der Waals surface area (Å²) in [6.07, 6.45) is -1.19. The van der Waals surface area contributed by atoms with Gasteiger partial charge in [0, 0.05) is 37.1 Å². The number of benzene rings is 3. The summed E-state index contributed by atoms with van der Waals surface area (Å²) in [7, 11) is 0. The lowest BCUT2D eigenvalue weighted by Crippen LogP contribution is -2.42. The van der Waals surface area contributed by atoms with Gasteiger partial charge in [-0.25, -0.2) is 22.9 Å². The third kappa shape index (κ3) is 6.87. The molecule has 1 aliphatic rings. The first-order chi connectivity index (χ1) is 19.4. The highest BCUT2D eigenvalue weighted by Crippen LogP contribution is 2.38. The molecular formula is C31H30F3N3O3S. The Morgan fingerprint density at radius 2 is 1.61 bits per heavy atom. The number of carbonyl (C=O) groups excluding carboxylic acids is 2. The number of alkyl halides is 2. The van der Waals surface area contributed by atoms with Crippen LogP contribution in [-0.2, 0) is 11.3 Å². The maximum absolute atomic E-state index is 13.7. The van der Waals surface area contributed by atoms with Gasteiger partial charge in [0.15, 0.2) is 0 Å². The molecule has 41 heavy (non-hydrogen) atoms. The number of carbonyl (C=O) groups is 2. The van der Waals surface area contributed by atoms with E-state index in [0.717, 1.165) is 27.0 Å². The number of alkyl carbamates (subject to hydrolysis) is 1. The summed E-state index contributed by atoms with van der Waals surface area (Å²) in [6.45, 7) is 5.61. The van der Waals surface area contributed by atoms with Gasteiger partial charge >= 0.3 is 6.09 Å². The molecular weight excluding hydrogens is 551 g/mol. The van der Waals surface area contributed by atoms with E-state index in [-0.39, 0.29) is 44.2 Å². The SMILES string of the molecule is CC(C)(C)OC(=O)NCc1nc2cc(-c3ccc(C(=O)N4CCC(F)(F)CC4)cc3)cc(-c3ccc(F)cc3)c2s1. The average Bonchev–Trinajstić information content (AvgIpc) is 3.34. The monoisotopic (exact) mass is 581 g/mol. The van der Waals surface area contributed by atoms with E-state index in [1.54, 1.807) is 45.0 Å². The van der Waals surface area contributed by atoms with Gasteiger partial charge in [0.25, 0.3) is 11.8 Å². The van der Waals surface area contributed by atoms with Crippen LogP contribution in [0.25, 0.3) is 32.5 Å². The maximum atomic E-state index is 13.7. The fourth-order valence-corrected chi connectivity index (χ4v) is 5.67. The van der Waals surface area contributed by atoms with E-state index in [1.807, 2.05) is 24.3 Å². The Bertz CT molecular complexity index is 1570. The van der Waals surface area contributed by atoms with E-state index in [1.165, 1.54) is 28.4 Å². The van der Waals surface area contributed by atoms with Crippen molar-refractivity contribution < 1.29 is 27.5 Å². The molecule has 1 aromatic heterocycles. The van der Waals surface area contributed by atoms with Crippen molar-refractivity contribution in [1.29, 1.82) is 0 Å². The van der Waals surface area contributed by atoms with Crippen LogP contribution in [-0.4, -0.2) is 46.5 Å². The maximum Gasteiger partial charge on any atom is 0.408 e. The molecule has 0 bridgehead atoms. The van der Waals surface area contributed by atoms with E-state index in [9.17, 15) is 22.8 Å². The zero-order chi connectivity index (χ0) is 29.4. The number of piperidine rings is 1. The molecule has 4 aromatic rings. The Kier molecular flexibility index (Phi) is 7.78. The number of thiazole rings is 1. The van der Waals surface area contributed by atoms with Crippen LogP contribution in [0, 0.1) is 5.82 Å². The smallest absolute Gasteiger partial charge is 0.408 e. The fourth-order valence-electron chi connectivity index (χ4n) is 4.65. The van der Waals surface area contributed by atoms with E-state index in [0.29, 0.717) is 16.1 Å². The van der Waals surface area contributed by atoms with Gasteiger partial charge in [-0.2, -0.15) is 0 Å². The van der Waals surface area contributed by atoms with E-state index >= 15 is 0 Å². The highest BCUT2D eigenvalue weighted by atomic mass is 32.1. The fraction of sp³-hybridized carbons (Fsp3) is 0.323. The van der Waals surface area contributed by atoms with Crippen LogP contribution in [0.3, 0.4) is 0 Å². The molecule has 0 saturated carbocycles. The van der Waals surface area contributed by atoms with Crippen LogP contribution in [0.4, 0.5) is 18.0 Å². The van der Waals surface area contributed by atoms with Gasteiger partial charge in [-0.1, -0.05) is 24.3 Å². The van der Waals surface area contributed by atoms with Gasteiger partial charge < -0.3 is 15.0 Å². The lowest BCUT2D eigenvalue weighted by Gasteiger charge is -2.31. The van der Waals surface area contributed by atoms with Crippen LogP contribution >= 0.6 is 11.3 Å². The number of aromatic nitrogens is 1. The molecule has 10 heteroatoms. The summed E-state index contributed by atoms with van der Waals surface area (Å²) in [4.78, 5) is 31.3. The minimum Gasteiger partial charge on any atom is -0.444 e. The number of amides is 2. The third-order valence-electron chi connectivity index (χ3n) is 6.72. The summed E-state index contributed by atoms with van der Waals surface area (Å²) in [5, 5.41) is 3.42. The molecule has 6 nitrogen and oxygen atoms in total. The van der Waals surface area contributed by atoms with Gasteiger partial charge in [-0.05, 0) is 73.9 Å². The molecule has 1 fully saturated rings. The molecule has 1 aliphatic heterocycles. The molecule has 214 valence electrons. The minimum atomic E-state index is -2.72. The second-order valence-electron chi connectivity index (χ2n) is 11.1. The summed E-state index contributed by atoms with van der Waals surface area (Å²) in [5.41, 5.74) is 3.86. The van der Waals surface area contributed by atoms with Crippen molar-refractivity contribution in [1.82, 2.24) is 15.2 Å². The third-order valence-corrected chi connectivity index (χ3v) is 7.82. The first-order valence-electron chi connectivity index (χ1n) is 13.3. The number of rotatable bonds is 5. The quantitative estimate of drug-likeness (QED) is 0.263. The van der Waals surface area contributed by atoms with Crippen molar-refractivity contribution in [2.24, 2.45) is 0 Å². The normalized spacial score (nSPS) is 15.1. The molecule has 5 rings (SSSR count). The van der Waals surface area contributed by atoms with Gasteiger partial charge in [-0.15, -0.1) is 11.3 Å². The molecule has 1 saturated heterocycles. The molecule has 3 aromatic carbocycles. The van der Waals surface area contributed by atoms with E-state index in [2.05, 4.69) is 5.32 Å². The first-order valence-corrected chi connectivity index (χ1v) is 14.1. The van der Waals surface area contributed by atoms with Gasteiger partial charge in [0.1, 0.15) is 16.4 Å². The molecule has 2 heterocycles. The van der Waals surface area contributed by atoms with Crippen molar-refractivity contribution in [2.75, 3.05) is 13.1 Å². The largest absolute Gasteiger partial charge is 0.444 e. The number of likely N-dealkylation sites (tertiary alicyclic amines) is 1. The van der Waals surface area contributed by atoms with E-state index < -0.39 is 17.6 Å². The Hall–Kier alpha value is -3.92. The van der Waals surface area contributed by atoms with Gasteiger partial charge in [-0.3, -0.25) is 4.79 Å². The lowest BCUT2D eigenvalue weighted by molar-refractivity contribution is -0.0494. The average molecular weight is 582 g/mol. The Morgan fingerprint density at radius 3 is 2.24 bits per heavy atom. The Morgan fingerprint density at radius 1 is 0.976 bits per heavy atom. The molecule has 1 N–H and O–H groups in total. The predicted molar refractivity (Wildman–Crippen MR) is 154 cm³/mol. The standard InChI is InChI=1S/C31H30F3N3O3S/c1-30(2,3)40-29(39)35-18-26-36-25-17-22(16-24(27(25)41-26)20-8-10-23(32)11-9-20)19-4-6-21(7-5-19)28(38)37-14-12-31(33,34)13-15-37/h4-11,16-17H,12-15,18H2,1-3H3,(H,35,39). The van der Waals surface area contributed by atoms with Crippen LogP contribution in [0.1, 0.15) is 49.0 Å². The van der Waals surface area contributed by atoms with E-state index in [4.69, 9.17) is 9.72 Å². The van der Waals surface area contributed by atoms with Crippen LogP contribution in [0.5, 0.6) is 0 Å². The van der Waals surface area contributed by atoms with Gasteiger partial charge in [0.2, 0.25) is 0 Å². The second-order valence-corrected chi connectivity index (χ2v) is 12.2. The van der Waals surface area contributed by atoms with Crippen LogP contribution < -0.4 is 5.32 Å². The summed E-state index contributed by atoms with van der Waals surface area (Å²) < 4.78 is 47.0.